The number of hydrogen-bond acceptors (Lipinski definition) is 3. The van der Waals surface area contributed by atoms with Gasteiger partial charge in [-0.2, -0.15) is 0 Å². The summed E-state index contributed by atoms with van der Waals surface area (Å²) < 4.78 is 11.2. The molecule has 2 rings (SSSR count). The minimum Gasteiger partial charge on any atom is -0.491 e. The zero-order valence-corrected chi connectivity index (χ0v) is 15.9. The predicted octanol–water partition coefficient (Wildman–Crippen LogP) is 4.15. The van der Waals surface area contributed by atoms with E-state index in [1.807, 2.05) is 58.0 Å². The Kier molecular flexibility index (Phi) is 6.71. The molecule has 0 radical (unpaired) electrons. The Morgan fingerprint density at radius 1 is 1.04 bits per heavy atom. The van der Waals surface area contributed by atoms with Gasteiger partial charge in [-0.3, -0.25) is 4.79 Å². The van der Waals surface area contributed by atoms with E-state index in [0.29, 0.717) is 18.9 Å². The molecule has 5 heteroatoms. The van der Waals surface area contributed by atoms with E-state index in [-0.39, 0.29) is 12.5 Å². The van der Waals surface area contributed by atoms with E-state index in [0.717, 1.165) is 27.5 Å². The van der Waals surface area contributed by atoms with Gasteiger partial charge in [0.25, 0.3) is 5.91 Å². The van der Waals surface area contributed by atoms with Crippen molar-refractivity contribution in [2.45, 2.75) is 27.7 Å². The summed E-state index contributed by atoms with van der Waals surface area (Å²) in [5.41, 5.74) is 4.16. The van der Waals surface area contributed by atoms with E-state index < -0.39 is 0 Å². The fourth-order valence-electron chi connectivity index (χ4n) is 2.42. The molecule has 0 bridgehead atoms. The number of nitrogens with one attached hydrogen (secondary N) is 1. The lowest BCUT2D eigenvalue weighted by Crippen LogP contribution is -2.32. The van der Waals surface area contributed by atoms with Crippen LogP contribution in [0.5, 0.6) is 11.5 Å². The molecule has 0 unspecified atom stereocenters. The molecule has 0 fully saturated rings. The number of amides is 1. The first kappa shape index (κ1) is 19.1. The molecule has 0 heterocycles. The van der Waals surface area contributed by atoms with Crippen LogP contribution in [0.3, 0.4) is 0 Å². The van der Waals surface area contributed by atoms with Crippen molar-refractivity contribution in [2.24, 2.45) is 0 Å². The molecule has 1 N–H and O–H groups in total. The molecule has 25 heavy (non-hydrogen) atoms. The molecule has 0 saturated carbocycles. The standard InChI is InChI=1S/C20H24ClNO3/c1-13-6-5-7-18(16(13)4)24-9-8-22-19(23)12-25-17-10-14(2)20(21)15(3)11-17/h5-7,10-11H,8-9,12H2,1-4H3,(H,22,23). The fourth-order valence-corrected chi connectivity index (χ4v) is 2.53. The van der Waals surface area contributed by atoms with Crippen LogP contribution in [-0.4, -0.2) is 25.7 Å². The van der Waals surface area contributed by atoms with Crippen molar-refractivity contribution >= 4 is 17.5 Å². The Morgan fingerprint density at radius 3 is 2.40 bits per heavy atom. The lowest BCUT2D eigenvalue weighted by atomic mass is 10.1. The molecule has 2 aromatic rings. The van der Waals surface area contributed by atoms with Crippen molar-refractivity contribution in [1.82, 2.24) is 5.32 Å². The van der Waals surface area contributed by atoms with Crippen LogP contribution in [-0.2, 0) is 4.79 Å². The maximum Gasteiger partial charge on any atom is 0.258 e. The van der Waals surface area contributed by atoms with Gasteiger partial charge in [0.05, 0.1) is 6.54 Å². The first-order valence-electron chi connectivity index (χ1n) is 8.23. The fraction of sp³-hybridized carbons (Fsp3) is 0.350. The summed E-state index contributed by atoms with van der Waals surface area (Å²) in [5, 5.41) is 3.51. The van der Waals surface area contributed by atoms with Gasteiger partial charge in [-0.1, -0.05) is 23.7 Å². The topological polar surface area (TPSA) is 47.6 Å². The van der Waals surface area contributed by atoms with Crippen molar-refractivity contribution in [3.8, 4) is 11.5 Å². The molecule has 0 aliphatic heterocycles. The largest absolute Gasteiger partial charge is 0.491 e. The normalized spacial score (nSPS) is 10.4. The van der Waals surface area contributed by atoms with Crippen LogP contribution in [0.1, 0.15) is 22.3 Å². The van der Waals surface area contributed by atoms with E-state index in [4.69, 9.17) is 21.1 Å². The quantitative estimate of drug-likeness (QED) is 0.754. The van der Waals surface area contributed by atoms with Crippen LogP contribution in [0.4, 0.5) is 0 Å². The van der Waals surface area contributed by atoms with E-state index in [9.17, 15) is 4.79 Å². The van der Waals surface area contributed by atoms with Crippen LogP contribution >= 0.6 is 11.6 Å². The second-order valence-electron chi connectivity index (χ2n) is 6.06. The van der Waals surface area contributed by atoms with Crippen LogP contribution < -0.4 is 14.8 Å². The second-order valence-corrected chi connectivity index (χ2v) is 6.43. The van der Waals surface area contributed by atoms with Gasteiger partial charge in [0.15, 0.2) is 6.61 Å². The van der Waals surface area contributed by atoms with Crippen molar-refractivity contribution in [3.63, 3.8) is 0 Å². The molecule has 134 valence electrons. The molecule has 4 nitrogen and oxygen atoms in total. The Hall–Kier alpha value is -2.20. The Labute approximate surface area is 154 Å². The third kappa shape index (κ3) is 5.40. The minimum atomic E-state index is -0.185. The maximum atomic E-state index is 11.9. The Morgan fingerprint density at radius 2 is 1.72 bits per heavy atom. The van der Waals surface area contributed by atoms with Gasteiger partial charge in [-0.25, -0.2) is 0 Å². The number of benzene rings is 2. The van der Waals surface area contributed by atoms with Crippen LogP contribution in [0.25, 0.3) is 0 Å². The lowest BCUT2D eigenvalue weighted by Gasteiger charge is -2.12. The number of ether oxygens (including phenoxy) is 2. The van der Waals surface area contributed by atoms with E-state index in [1.54, 1.807) is 0 Å². The predicted molar refractivity (Wildman–Crippen MR) is 101 cm³/mol. The van der Waals surface area contributed by atoms with Gasteiger partial charge in [-0.15, -0.1) is 0 Å². The Balaban J connectivity index is 1.73. The van der Waals surface area contributed by atoms with E-state index in [1.165, 1.54) is 5.56 Å². The number of halogens is 1. The molecule has 0 atom stereocenters. The highest BCUT2D eigenvalue weighted by atomic mass is 35.5. The number of carbonyl (C=O) groups excluding carboxylic acids is 1. The average molecular weight is 362 g/mol. The van der Waals surface area contributed by atoms with Gasteiger partial charge < -0.3 is 14.8 Å². The molecule has 0 aliphatic carbocycles. The third-order valence-electron chi connectivity index (χ3n) is 4.02. The molecule has 0 aliphatic rings. The first-order valence-corrected chi connectivity index (χ1v) is 8.61. The SMILES string of the molecule is Cc1cccc(OCCNC(=O)COc2cc(C)c(Cl)c(C)c2)c1C. The van der Waals surface area contributed by atoms with Crippen LogP contribution in [0.2, 0.25) is 5.02 Å². The number of hydrogen-bond donors (Lipinski definition) is 1. The van der Waals surface area contributed by atoms with Gasteiger partial charge in [0.2, 0.25) is 0 Å². The number of aryl methyl sites for hydroxylation is 3. The molecular weight excluding hydrogens is 338 g/mol. The van der Waals surface area contributed by atoms with Crippen molar-refractivity contribution in [1.29, 1.82) is 0 Å². The summed E-state index contributed by atoms with van der Waals surface area (Å²) in [6.07, 6.45) is 0. The maximum absolute atomic E-state index is 11.9. The summed E-state index contributed by atoms with van der Waals surface area (Å²) in [7, 11) is 0. The molecule has 0 spiro atoms. The van der Waals surface area contributed by atoms with Crippen LogP contribution in [0.15, 0.2) is 30.3 Å². The monoisotopic (exact) mass is 361 g/mol. The van der Waals surface area contributed by atoms with E-state index >= 15 is 0 Å². The van der Waals surface area contributed by atoms with Gasteiger partial charge >= 0.3 is 0 Å². The Bertz CT molecular complexity index is 736. The van der Waals surface area contributed by atoms with Crippen molar-refractivity contribution in [2.75, 3.05) is 19.8 Å². The second kappa shape index (κ2) is 8.77. The summed E-state index contributed by atoms with van der Waals surface area (Å²) >= 11 is 6.12. The number of carbonyl (C=O) groups is 1. The van der Waals surface area contributed by atoms with Crippen molar-refractivity contribution in [3.05, 3.63) is 57.6 Å². The number of rotatable bonds is 7. The zero-order chi connectivity index (χ0) is 18.4. The summed E-state index contributed by atoms with van der Waals surface area (Å²) in [4.78, 5) is 11.9. The molecule has 0 saturated heterocycles. The molecule has 1 amide bonds. The highest BCUT2D eigenvalue weighted by Crippen LogP contribution is 2.25. The van der Waals surface area contributed by atoms with Gasteiger partial charge in [0.1, 0.15) is 18.1 Å². The average Bonchev–Trinajstić information content (AvgIpc) is 2.58. The minimum absolute atomic E-state index is 0.0377. The summed E-state index contributed by atoms with van der Waals surface area (Å²) in [6.45, 7) is 8.68. The lowest BCUT2D eigenvalue weighted by molar-refractivity contribution is -0.123. The highest BCUT2D eigenvalue weighted by molar-refractivity contribution is 6.32. The molecular formula is C20H24ClNO3. The van der Waals surface area contributed by atoms with Crippen molar-refractivity contribution < 1.29 is 14.3 Å². The van der Waals surface area contributed by atoms with Gasteiger partial charge in [0, 0.05) is 5.02 Å². The van der Waals surface area contributed by atoms with Gasteiger partial charge in [-0.05, 0) is 68.1 Å². The third-order valence-corrected chi connectivity index (χ3v) is 4.61. The molecule has 2 aromatic carbocycles. The highest BCUT2D eigenvalue weighted by Gasteiger charge is 2.07. The van der Waals surface area contributed by atoms with E-state index in [2.05, 4.69) is 5.32 Å². The summed E-state index contributed by atoms with van der Waals surface area (Å²) in [5.74, 6) is 1.30. The molecule has 0 aromatic heterocycles. The summed E-state index contributed by atoms with van der Waals surface area (Å²) in [6, 6.07) is 9.58. The zero-order valence-electron chi connectivity index (χ0n) is 15.1. The smallest absolute Gasteiger partial charge is 0.258 e. The van der Waals surface area contributed by atoms with Crippen LogP contribution in [0, 0.1) is 27.7 Å². The first-order chi connectivity index (χ1) is 11.9.